The molecular weight excluding hydrogens is 322 g/mol. The van der Waals surface area contributed by atoms with Crippen molar-refractivity contribution >= 4 is 5.91 Å². The minimum atomic E-state index is -0.766. The molecule has 0 bridgehead atoms. The van der Waals surface area contributed by atoms with Crippen molar-refractivity contribution in [2.24, 2.45) is 5.92 Å². The van der Waals surface area contributed by atoms with E-state index in [1.807, 2.05) is 0 Å². The minimum absolute atomic E-state index is 0.144. The zero-order valence-corrected chi connectivity index (χ0v) is 14.0. The number of nitrogens with one attached hydrogen (secondary N) is 2. The molecule has 3 N–H and O–H groups in total. The number of piperidine rings is 1. The normalized spacial score (nSPS) is 18.0. The molecule has 0 aromatic carbocycles. The van der Waals surface area contributed by atoms with E-state index in [1.165, 1.54) is 0 Å². The Bertz CT molecular complexity index is 806. The summed E-state index contributed by atoms with van der Waals surface area (Å²) in [7, 11) is 2.05. The number of carbonyl (C=O) groups excluding carboxylic acids is 1. The number of likely N-dealkylation sites (tertiary alicyclic amines) is 1. The second kappa shape index (κ2) is 7.43. The Morgan fingerprint density at radius 3 is 3.04 bits per heavy atom. The smallest absolute Gasteiger partial charge is 0.294 e. The Labute approximate surface area is 144 Å². The fraction of sp³-hybridized carbons (Fsp3) is 0.412. The molecule has 2 aromatic rings. The van der Waals surface area contributed by atoms with Gasteiger partial charge in [-0.2, -0.15) is 0 Å². The van der Waals surface area contributed by atoms with E-state index >= 15 is 0 Å². The van der Waals surface area contributed by atoms with Crippen molar-refractivity contribution in [2.75, 3.05) is 26.7 Å². The van der Waals surface area contributed by atoms with Crippen LogP contribution >= 0.6 is 0 Å². The number of pyridine rings is 1. The molecule has 1 aliphatic rings. The van der Waals surface area contributed by atoms with E-state index in [2.05, 4.69) is 32.2 Å². The summed E-state index contributed by atoms with van der Waals surface area (Å²) in [5.41, 5.74) is -0.630. The largest absolute Gasteiger partial charge is 0.501 e. The number of nitrogens with zero attached hydrogens (tertiary/aromatic N) is 3. The van der Waals surface area contributed by atoms with Gasteiger partial charge in [0.2, 0.25) is 5.75 Å². The summed E-state index contributed by atoms with van der Waals surface area (Å²) >= 11 is 0. The van der Waals surface area contributed by atoms with Crippen LogP contribution in [-0.2, 0) is 0 Å². The van der Waals surface area contributed by atoms with Gasteiger partial charge in [-0.05, 0) is 44.5 Å². The highest BCUT2D eigenvalue weighted by Crippen LogP contribution is 2.16. The van der Waals surface area contributed by atoms with E-state index in [9.17, 15) is 14.7 Å². The van der Waals surface area contributed by atoms with Gasteiger partial charge in [0, 0.05) is 19.3 Å². The SMILES string of the molecule is CN1CCCC(CNC(=O)c2nc(-c3ccccn3)[nH]c(=O)c2O)C1. The van der Waals surface area contributed by atoms with Crippen LogP contribution < -0.4 is 10.9 Å². The fourth-order valence-corrected chi connectivity index (χ4v) is 3.01. The number of aromatic nitrogens is 3. The van der Waals surface area contributed by atoms with Crippen molar-refractivity contribution in [2.45, 2.75) is 12.8 Å². The molecule has 0 aliphatic carbocycles. The monoisotopic (exact) mass is 343 g/mol. The molecule has 1 aliphatic heterocycles. The highest BCUT2D eigenvalue weighted by Gasteiger charge is 2.22. The highest BCUT2D eigenvalue weighted by atomic mass is 16.3. The molecular formula is C17H21N5O3. The van der Waals surface area contributed by atoms with Gasteiger partial charge >= 0.3 is 0 Å². The molecule has 0 saturated carbocycles. The van der Waals surface area contributed by atoms with Gasteiger partial charge in [0.05, 0.1) is 0 Å². The minimum Gasteiger partial charge on any atom is -0.501 e. The number of hydrogen-bond acceptors (Lipinski definition) is 6. The quantitative estimate of drug-likeness (QED) is 0.750. The van der Waals surface area contributed by atoms with Crippen LogP contribution in [0.3, 0.4) is 0 Å². The standard InChI is InChI=1S/C17H21N5O3/c1-22-8-4-5-11(10-22)9-19-16(24)13-14(23)17(25)21-15(20-13)12-6-2-3-7-18-12/h2-3,6-7,11,23H,4-5,8-10H2,1H3,(H,19,24)(H,20,21,25). The second-order valence-electron chi connectivity index (χ2n) is 6.31. The molecule has 2 aromatic heterocycles. The van der Waals surface area contributed by atoms with Gasteiger partial charge in [-0.3, -0.25) is 14.6 Å². The summed E-state index contributed by atoms with van der Waals surface area (Å²) in [4.78, 5) is 37.2. The van der Waals surface area contributed by atoms with Crippen LogP contribution in [-0.4, -0.2) is 57.5 Å². The van der Waals surface area contributed by atoms with E-state index in [0.717, 1.165) is 25.9 Å². The molecule has 1 amide bonds. The zero-order valence-electron chi connectivity index (χ0n) is 14.0. The van der Waals surface area contributed by atoms with Crippen LogP contribution in [0.5, 0.6) is 5.75 Å². The van der Waals surface area contributed by atoms with Crippen molar-refractivity contribution in [3.63, 3.8) is 0 Å². The first-order chi connectivity index (χ1) is 12.0. The Balaban J connectivity index is 1.77. The summed E-state index contributed by atoms with van der Waals surface area (Å²) in [6.07, 6.45) is 3.69. The van der Waals surface area contributed by atoms with Gasteiger partial charge in [0.1, 0.15) is 5.69 Å². The number of aromatic amines is 1. The highest BCUT2D eigenvalue weighted by molar-refractivity contribution is 5.95. The average Bonchev–Trinajstić information content (AvgIpc) is 2.62. The Morgan fingerprint density at radius 1 is 1.48 bits per heavy atom. The number of aromatic hydroxyl groups is 1. The van der Waals surface area contributed by atoms with Crippen LogP contribution in [0.2, 0.25) is 0 Å². The maximum atomic E-state index is 12.4. The number of rotatable bonds is 4. The number of H-pyrrole nitrogens is 1. The Morgan fingerprint density at radius 2 is 2.32 bits per heavy atom. The maximum Gasteiger partial charge on any atom is 0.294 e. The number of amides is 1. The van der Waals surface area contributed by atoms with Gasteiger partial charge in [-0.25, -0.2) is 4.98 Å². The molecule has 3 rings (SSSR count). The van der Waals surface area contributed by atoms with E-state index < -0.39 is 17.2 Å². The van der Waals surface area contributed by atoms with Crippen molar-refractivity contribution in [1.82, 2.24) is 25.2 Å². The fourth-order valence-electron chi connectivity index (χ4n) is 3.01. The molecule has 3 heterocycles. The van der Waals surface area contributed by atoms with E-state index in [-0.39, 0.29) is 11.5 Å². The van der Waals surface area contributed by atoms with Crippen molar-refractivity contribution in [3.8, 4) is 17.3 Å². The molecule has 1 saturated heterocycles. The third kappa shape index (κ3) is 4.03. The Kier molecular flexibility index (Phi) is 5.08. The lowest BCUT2D eigenvalue weighted by atomic mass is 9.98. The summed E-state index contributed by atoms with van der Waals surface area (Å²) < 4.78 is 0. The predicted octanol–water partition coefficient (Wildman–Crippen LogP) is 0.609. The molecule has 8 heteroatoms. The summed E-state index contributed by atoms with van der Waals surface area (Å²) in [6.45, 7) is 2.46. The van der Waals surface area contributed by atoms with Crippen molar-refractivity contribution < 1.29 is 9.90 Å². The molecule has 132 valence electrons. The van der Waals surface area contributed by atoms with Gasteiger partial charge in [0.25, 0.3) is 11.5 Å². The first-order valence-electron chi connectivity index (χ1n) is 8.26. The third-order valence-electron chi connectivity index (χ3n) is 4.29. The van der Waals surface area contributed by atoms with Gasteiger partial charge < -0.3 is 20.3 Å². The average molecular weight is 343 g/mol. The molecule has 0 spiro atoms. The lowest BCUT2D eigenvalue weighted by Gasteiger charge is -2.29. The van der Waals surface area contributed by atoms with Crippen LogP contribution in [0.15, 0.2) is 29.2 Å². The zero-order chi connectivity index (χ0) is 17.8. The maximum absolute atomic E-state index is 12.4. The molecule has 0 radical (unpaired) electrons. The summed E-state index contributed by atoms with van der Waals surface area (Å²) in [6, 6.07) is 5.14. The van der Waals surface area contributed by atoms with E-state index in [1.54, 1.807) is 24.4 Å². The molecule has 8 nitrogen and oxygen atoms in total. The van der Waals surface area contributed by atoms with Crippen LogP contribution in [0.1, 0.15) is 23.3 Å². The molecule has 1 unspecified atom stereocenters. The van der Waals surface area contributed by atoms with Crippen LogP contribution in [0, 0.1) is 5.92 Å². The van der Waals surface area contributed by atoms with Gasteiger partial charge in [-0.15, -0.1) is 0 Å². The molecule has 1 atom stereocenters. The predicted molar refractivity (Wildman–Crippen MR) is 92.3 cm³/mol. The first-order valence-corrected chi connectivity index (χ1v) is 8.26. The molecule has 1 fully saturated rings. The Hall–Kier alpha value is -2.74. The molecule has 25 heavy (non-hydrogen) atoms. The third-order valence-corrected chi connectivity index (χ3v) is 4.29. The number of carbonyl (C=O) groups is 1. The van der Waals surface area contributed by atoms with E-state index in [4.69, 9.17) is 0 Å². The number of hydrogen-bond donors (Lipinski definition) is 3. The topological polar surface area (TPSA) is 111 Å². The van der Waals surface area contributed by atoms with Gasteiger partial charge in [-0.1, -0.05) is 6.07 Å². The first kappa shape index (κ1) is 17.1. The lowest BCUT2D eigenvalue weighted by molar-refractivity contribution is 0.0928. The van der Waals surface area contributed by atoms with E-state index in [0.29, 0.717) is 18.2 Å². The van der Waals surface area contributed by atoms with Crippen molar-refractivity contribution in [1.29, 1.82) is 0 Å². The van der Waals surface area contributed by atoms with Gasteiger partial charge in [0.15, 0.2) is 11.5 Å². The lowest BCUT2D eigenvalue weighted by Crippen LogP contribution is -2.39. The second-order valence-corrected chi connectivity index (χ2v) is 6.31. The van der Waals surface area contributed by atoms with Crippen molar-refractivity contribution in [3.05, 3.63) is 40.4 Å². The summed E-state index contributed by atoms with van der Waals surface area (Å²) in [5, 5.41) is 12.7. The van der Waals surface area contributed by atoms with Crippen LogP contribution in [0.25, 0.3) is 11.5 Å². The summed E-state index contributed by atoms with van der Waals surface area (Å²) in [5.74, 6) is -0.750. The van der Waals surface area contributed by atoms with Crippen LogP contribution in [0.4, 0.5) is 0 Å².